The number of aromatic nitrogens is 1. The molecule has 0 aliphatic rings. The molecule has 1 heterocycles. The van der Waals surface area contributed by atoms with E-state index in [4.69, 9.17) is 0 Å². The second-order valence-corrected chi connectivity index (χ2v) is 3.54. The molecule has 0 fully saturated rings. The van der Waals surface area contributed by atoms with Crippen LogP contribution in [0.5, 0.6) is 0 Å². The van der Waals surface area contributed by atoms with E-state index in [0.29, 0.717) is 0 Å². The molecule has 1 rings (SSSR count). The van der Waals surface area contributed by atoms with Crippen LogP contribution in [0.2, 0.25) is 0 Å². The van der Waals surface area contributed by atoms with E-state index in [1.54, 1.807) is 0 Å². The average Bonchev–Trinajstić information content (AvgIpc) is 2.20. The average molecular weight is 208 g/mol. The van der Waals surface area contributed by atoms with Crippen LogP contribution in [0.3, 0.4) is 0 Å². The molecular formula is C11H16N2S. The molecular weight excluding hydrogens is 192 g/mol. The Hall–Kier alpha value is -0.800. The normalized spacial score (nSPS) is 11.4. The first-order chi connectivity index (χ1) is 6.83. The third-order valence-corrected chi connectivity index (χ3v) is 2.06. The smallest absolute Gasteiger partial charge is 0.0543 e. The van der Waals surface area contributed by atoms with Crippen molar-refractivity contribution in [2.75, 3.05) is 19.3 Å². The fourth-order valence-electron chi connectivity index (χ4n) is 1.16. The molecule has 0 N–H and O–H groups in total. The van der Waals surface area contributed by atoms with Crippen LogP contribution in [0.4, 0.5) is 0 Å². The third kappa shape index (κ3) is 4.44. The molecule has 0 unspecified atom stereocenters. The Bertz CT molecular complexity index is 272. The maximum atomic E-state index is 4.27. The summed E-state index contributed by atoms with van der Waals surface area (Å²) in [7, 11) is 2.08. The Labute approximate surface area is 91.1 Å². The van der Waals surface area contributed by atoms with Gasteiger partial charge in [-0.2, -0.15) is 12.6 Å². The van der Waals surface area contributed by atoms with E-state index >= 15 is 0 Å². The van der Waals surface area contributed by atoms with Crippen LogP contribution in [0.15, 0.2) is 36.5 Å². The number of hydrogen-bond donors (Lipinski definition) is 1. The molecule has 0 aliphatic heterocycles. The summed E-state index contributed by atoms with van der Waals surface area (Å²) in [5.41, 5.74) is 1.11. The van der Waals surface area contributed by atoms with Crippen LogP contribution in [-0.2, 0) is 6.54 Å². The van der Waals surface area contributed by atoms with Gasteiger partial charge in [0.15, 0.2) is 0 Å². The van der Waals surface area contributed by atoms with E-state index in [9.17, 15) is 0 Å². The molecule has 0 aliphatic carbocycles. The Morgan fingerprint density at radius 2 is 2.29 bits per heavy atom. The number of likely N-dealkylation sites (N-methyl/N-ethyl adjacent to an activating group) is 1. The predicted molar refractivity (Wildman–Crippen MR) is 63.6 cm³/mol. The summed E-state index contributed by atoms with van der Waals surface area (Å²) in [5.74, 6) is 0.803. The summed E-state index contributed by atoms with van der Waals surface area (Å²) in [5, 5.41) is 0. The highest BCUT2D eigenvalue weighted by Crippen LogP contribution is 1.98. The lowest BCUT2D eigenvalue weighted by Gasteiger charge is -2.13. The predicted octanol–water partition coefficient (Wildman–Crippen LogP) is 2.00. The third-order valence-electron chi connectivity index (χ3n) is 1.85. The van der Waals surface area contributed by atoms with Crippen molar-refractivity contribution in [3.05, 3.63) is 42.2 Å². The first-order valence-corrected chi connectivity index (χ1v) is 5.30. The standard InChI is InChI=1S/C11H16N2S/c1-13(8-4-5-9-14)10-11-6-2-3-7-12-11/h2-7,14H,8-10H2,1H3. The van der Waals surface area contributed by atoms with Crippen LogP contribution < -0.4 is 0 Å². The zero-order valence-electron chi connectivity index (χ0n) is 8.43. The summed E-state index contributed by atoms with van der Waals surface area (Å²) in [6.45, 7) is 1.83. The molecule has 0 atom stereocenters. The summed E-state index contributed by atoms with van der Waals surface area (Å²) >= 11 is 4.10. The van der Waals surface area contributed by atoms with Gasteiger partial charge in [-0.15, -0.1) is 0 Å². The van der Waals surface area contributed by atoms with Crippen molar-refractivity contribution in [3.8, 4) is 0 Å². The van der Waals surface area contributed by atoms with Crippen molar-refractivity contribution >= 4 is 12.6 Å². The lowest BCUT2D eigenvalue weighted by atomic mass is 10.3. The van der Waals surface area contributed by atoms with Gasteiger partial charge in [0, 0.05) is 25.0 Å². The van der Waals surface area contributed by atoms with Gasteiger partial charge in [0.05, 0.1) is 5.69 Å². The molecule has 0 aromatic carbocycles. The fraction of sp³-hybridized carbons (Fsp3) is 0.364. The first kappa shape index (κ1) is 11.3. The highest BCUT2D eigenvalue weighted by atomic mass is 32.1. The highest BCUT2D eigenvalue weighted by molar-refractivity contribution is 7.80. The van der Waals surface area contributed by atoms with E-state index in [1.807, 2.05) is 24.4 Å². The second-order valence-electron chi connectivity index (χ2n) is 3.17. The molecule has 3 heteroatoms. The minimum absolute atomic E-state index is 0.803. The first-order valence-electron chi connectivity index (χ1n) is 4.67. The SMILES string of the molecule is CN(CC=CCS)Cc1ccccn1. The zero-order valence-corrected chi connectivity index (χ0v) is 9.32. The minimum atomic E-state index is 0.803. The Balaban J connectivity index is 2.34. The maximum absolute atomic E-state index is 4.27. The zero-order chi connectivity index (χ0) is 10.2. The Morgan fingerprint density at radius 3 is 2.93 bits per heavy atom. The molecule has 0 amide bonds. The van der Waals surface area contributed by atoms with E-state index in [2.05, 4.69) is 41.7 Å². The van der Waals surface area contributed by atoms with Gasteiger partial charge >= 0.3 is 0 Å². The van der Waals surface area contributed by atoms with Crippen molar-refractivity contribution < 1.29 is 0 Å². The summed E-state index contributed by atoms with van der Waals surface area (Å²) < 4.78 is 0. The van der Waals surface area contributed by atoms with E-state index in [1.165, 1.54) is 0 Å². The molecule has 2 nitrogen and oxygen atoms in total. The van der Waals surface area contributed by atoms with Gasteiger partial charge in [0.2, 0.25) is 0 Å². The lowest BCUT2D eigenvalue weighted by molar-refractivity contribution is 0.358. The summed E-state index contributed by atoms with van der Waals surface area (Å²) in [6.07, 6.45) is 6.00. The maximum Gasteiger partial charge on any atom is 0.0543 e. The molecule has 1 aromatic rings. The second kappa shape index (κ2) is 6.62. The molecule has 0 spiro atoms. The van der Waals surface area contributed by atoms with Crippen LogP contribution in [0, 0.1) is 0 Å². The van der Waals surface area contributed by atoms with Crippen molar-refractivity contribution in [1.29, 1.82) is 0 Å². The molecule has 1 aromatic heterocycles. The quantitative estimate of drug-likeness (QED) is 0.588. The van der Waals surface area contributed by atoms with Crippen LogP contribution >= 0.6 is 12.6 Å². The monoisotopic (exact) mass is 208 g/mol. The molecule has 0 saturated heterocycles. The fourth-order valence-corrected chi connectivity index (χ4v) is 1.31. The van der Waals surface area contributed by atoms with Crippen molar-refractivity contribution in [2.24, 2.45) is 0 Å². The molecule has 14 heavy (non-hydrogen) atoms. The van der Waals surface area contributed by atoms with Gasteiger partial charge in [0.1, 0.15) is 0 Å². The summed E-state index contributed by atoms with van der Waals surface area (Å²) in [4.78, 5) is 6.48. The molecule has 0 radical (unpaired) electrons. The number of pyridine rings is 1. The van der Waals surface area contributed by atoms with Crippen molar-refractivity contribution in [1.82, 2.24) is 9.88 Å². The van der Waals surface area contributed by atoms with Crippen LogP contribution in [-0.4, -0.2) is 29.2 Å². The Morgan fingerprint density at radius 1 is 1.43 bits per heavy atom. The molecule has 0 bridgehead atoms. The van der Waals surface area contributed by atoms with E-state index < -0.39 is 0 Å². The van der Waals surface area contributed by atoms with Crippen LogP contribution in [0.25, 0.3) is 0 Å². The topological polar surface area (TPSA) is 16.1 Å². The molecule has 76 valence electrons. The number of rotatable bonds is 5. The largest absolute Gasteiger partial charge is 0.297 e. The number of nitrogens with zero attached hydrogens (tertiary/aromatic N) is 2. The lowest BCUT2D eigenvalue weighted by Crippen LogP contribution is -2.18. The Kier molecular flexibility index (Phi) is 5.33. The molecule has 0 saturated carbocycles. The van der Waals surface area contributed by atoms with Gasteiger partial charge < -0.3 is 0 Å². The van der Waals surface area contributed by atoms with Crippen molar-refractivity contribution in [3.63, 3.8) is 0 Å². The van der Waals surface area contributed by atoms with Gasteiger partial charge in [-0.1, -0.05) is 18.2 Å². The highest BCUT2D eigenvalue weighted by Gasteiger charge is 1.97. The number of thiol groups is 1. The number of hydrogen-bond acceptors (Lipinski definition) is 3. The van der Waals surface area contributed by atoms with Gasteiger partial charge in [-0.25, -0.2) is 0 Å². The van der Waals surface area contributed by atoms with Gasteiger partial charge in [-0.3, -0.25) is 9.88 Å². The van der Waals surface area contributed by atoms with Gasteiger partial charge in [0.25, 0.3) is 0 Å². The van der Waals surface area contributed by atoms with E-state index in [-0.39, 0.29) is 0 Å². The van der Waals surface area contributed by atoms with Crippen LogP contribution in [0.1, 0.15) is 5.69 Å². The van der Waals surface area contributed by atoms with Gasteiger partial charge in [-0.05, 0) is 19.2 Å². The minimum Gasteiger partial charge on any atom is -0.297 e. The van der Waals surface area contributed by atoms with E-state index in [0.717, 1.165) is 24.5 Å². The summed E-state index contributed by atoms with van der Waals surface area (Å²) in [6, 6.07) is 5.99. The van der Waals surface area contributed by atoms with Crippen molar-refractivity contribution in [2.45, 2.75) is 6.54 Å².